The van der Waals surface area contributed by atoms with Gasteiger partial charge in [-0.3, -0.25) is 4.79 Å². The van der Waals surface area contributed by atoms with E-state index in [9.17, 15) is 4.79 Å². The van der Waals surface area contributed by atoms with Gasteiger partial charge in [-0.1, -0.05) is 48.5 Å². The highest BCUT2D eigenvalue weighted by molar-refractivity contribution is 6.42. The zero-order valence-corrected chi connectivity index (χ0v) is 12.5. The predicted octanol–water partition coefficient (Wildman–Crippen LogP) is 4.33. The van der Waals surface area contributed by atoms with Crippen LogP contribution < -0.4 is 0 Å². The minimum Gasteiger partial charge on any atom is -0.342 e. The third-order valence-electron chi connectivity index (χ3n) is 3.55. The molecule has 1 amide bonds. The largest absolute Gasteiger partial charge is 0.342 e. The van der Waals surface area contributed by atoms with Gasteiger partial charge >= 0.3 is 0 Å². The molecule has 0 radical (unpaired) electrons. The zero-order chi connectivity index (χ0) is 13.7. The van der Waals surface area contributed by atoms with Crippen molar-refractivity contribution in [2.24, 2.45) is 0 Å². The van der Waals surface area contributed by atoms with Gasteiger partial charge in [-0.05, 0) is 30.5 Å². The normalized spacial score (nSPS) is 16.8. The molecule has 0 unspecified atom stereocenters. The molecule has 1 aliphatic heterocycles. The van der Waals surface area contributed by atoms with Gasteiger partial charge in [0.05, 0.1) is 16.5 Å². The van der Waals surface area contributed by atoms with Crippen molar-refractivity contribution in [3.8, 4) is 0 Å². The Morgan fingerprint density at radius 1 is 1.00 bits per heavy atom. The van der Waals surface area contributed by atoms with Crippen LogP contribution in [0.3, 0.4) is 0 Å². The van der Waals surface area contributed by atoms with Crippen LogP contribution in [0.25, 0.3) is 0 Å². The first kappa shape index (κ1) is 14.7. The lowest BCUT2D eigenvalue weighted by molar-refractivity contribution is -0.130. The van der Waals surface area contributed by atoms with E-state index in [2.05, 4.69) is 0 Å². The van der Waals surface area contributed by atoms with Crippen LogP contribution in [0, 0.1) is 0 Å². The van der Waals surface area contributed by atoms with Gasteiger partial charge in [0, 0.05) is 13.1 Å². The Labute approximate surface area is 124 Å². The van der Waals surface area contributed by atoms with Gasteiger partial charge in [0.25, 0.3) is 0 Å². The highest BCUT2D eigenvalue weighted by Gasteiger charge is 2.15. The van der Waals surface area contributed by atoms with E-state index in [1.54, 1.807) is 12.1 Å². The number of benzene rings is 1. The molecule has 0 spiro atoms. The van der Waals surface area contributed by atoms with Gasteiger partial charge in [-0.15, -0.1) is 0 Å². The molecular formula is C15H19Cl2NO. The summed E-state index contributed by atoms with van der Waals surface area (Å²) in [5.74, 6) is 0.195. The number of carbonyl (C=O) groups excluding carboxylic acids is 1. The topological polar surface area (TPSA) is 20.3 Å². The molecule has 0 atom stereocenters. The van der Waals surface area contributed by atoms with Crippen LogP contribution in [-0.4, -0.2) is 23.9 Å². The Morgan fingerprint density at radius 3 is 2.26 bits per heavy atom. The molecule has 2 rings (SSSR count). The first-order valence-electron chi connectivity index (χ1n) is 6.88. The lowest BCUT2D eigenvalue weighted by Crippen LogP contribution is -2.34. The summed E-state index contributed by atoms with van der Waals surface area (Å²) in [5, 5.41) is 1.05. The van der Waals surface area contributed by atoms with Gasteiger partial charge in [-0.25, -0.2) is 0 Å². The molecule has 0 saturated carbocycles. The molecule has 1 aromatic carbocycles. The molecule has 1 saturated heterocycles. The molecule has 1 heterocycles. The molecule has 19 heavy (non-hydrogen) atoms. The van der Waals surface area contributed by atoms with Crippen LogP contribution in [0.1, 0.15) is 37.7 Å². The molecule has 1 fully saturated rings. The van der Waals surface area contributed by atoms with Crippen LogP contribution in [0.15, 0.2) is 18.2 Å². The Bertz CT molecular complexity index is 440. The van der Waals surface area contributed by atoms with Crippen molar-refractivity contribution >= 4 is 29.1 Å². The van der Waals surface area contributed by atoms with E-state index in [-0.39, 0.29) is 5.91 Å². The highest BCUT2D eigenvalue weighted by atomic mass is 35.5. The Hall–Kier alpha value is -0.730. The first-order valence-corrected chi connectivity index (χ1v) is 7.64. The monoisotopic (exact) mass is 299 g/mol. The van der Waals surface area contributed by atoms with Crippen LogP contribution in [0.5, 0.6) is 0 Å². The second-order valence-corrected chi connectivity index (χ2v) is 5.89. The summed E-state index contributed by atoms with van der Waals surface area (Å²) < 4.78 is 0. The van der Waals surface area contributed by atoms with E-state index >= 15 is 0 Å². The molecule has 0 bridgehead atoms. The van der Waals surface area contributed by atoms with Crippen molar-refractivity contribution in [2.45, 2.75) is 38.5 Å². The average molecular weight is 300 g/mol. The van der Waals surface area contributed by atoms with Crippen molar-refractivity contribution in [1.82, 2.24) is 4.90 Å². The standard InChI is InChI=1S/C15H19Cl2NO/c16-13-7-6-12(10-14(13)17)11-15(19)18-8-4-2-1-3-5-9-18/h6-7,10H,1-5,8-9,11H2. The maximum Gasteiger partial charge on any atom is 0.226 e. The molecule has 1 aliphatic rings. The second-order valence-electron chi connectivity index (χ2n) is 5.07. The quantitative estimate of drug-likeness (QED) is 0.796. The van der Waals surface area contributed by atoms with Gasteiger partial charge in [-0.2, -0.15) is 0 Å². The summed E-state index contributed by atoms with van der Waals surface area (Å²) in [4.78, 5) is 14.3. The number of halogens is 2. The van der Waals surface area contributed by atoms with E-state index in [1.165, 1.54) is 19.3 Å². The smallest absolute Gasteiger partial charge is 0.226 e. The summed E-state index contributed by atoms with van der Waals surface area (Å²) in [7, 11) is 0. The average Bonchev–Trinajstić information content (AvgIpc) is 2.33. The molecule has 1 aromatic rings. The number of rotatable bonds is 2. The number of hydrogen-bond donors (Lipinski definition) is 0. The minimum absolute atomic E-state index is 0.195. The van der Waals surface area contributed by atoms with Gasteiger partial charge in [0.2, 0.25) is 5.91 Å². The van der Waals surface area contributed by atoms with Gasteiger partial charge < -0.3 is 4.90 Å². The molecule has 0 aromatic heterocycles. The molecule has 0 N–H and O–H groups in total. The Morgan fingerprint density at radius 2 is 1.63 bits per heavy atom. The van der Waals surface area contributed by atoms with E-state index in [0.717, 1.165) is 31.5 Å². The zero-order valence-electron chi connectivity index (χ0n) is 11.0. The summed E-state index contributed by atoms with van der Waals surface area (Å²) in [6.45, 7) is 1.78. The first-order chi connectivity index (χ1) is 9.16. The summed E-state index contributed by atoms with van der Waals surface area (Å²) in [5.41, 5.74) is 0.932. The molecule has 0 aliphatic carbocycles. The number of likely N-dealkylation sites (tertiary alicyclic amines) is 1. The van der Waals surface area contributed by atoms with Crippen molar-refractivity contribution in [3.63, 3.8) is 0 Å². The minimum atomic E-state index is 0.195. The SMILES string of the molecule is O=C(Cc1ccc(Cl)c(Cl)c1)N1CCCCCCC1. The fourth-order valence-electron chi connectivity index (χ4n) is 2.43. The van der Waals surface area contributed by atoms with Crippen molar-refractivity contribution in [1.29, 1.82) is 0 Å². The maximum atomic E-state index is 12.3. The number of amides is 1. The molecule has 4 heteroatoms. The fraction of sp³-hybridized carbons (Fsp3) is 0.533. The van der Waals surface area contributed by atoms with E-state index in [0.29, 0.717) is 16.5 Å². The van der Waals surface area contributed by atoms with Gasteiger partial charge in [0.15, 0.2) is 0 Å². The van der Waals surface area contributed by atoms with Crippen molar-refractivity contribution in [3.05, 3.63) is 33.8 Å². The molecule has 104 valence electrons. The van der Waals surface area contributed by atoms with Crippen LogP contribution in [0.2, 0.25) is 10.0 Å². The van der Waals surface area contributed by atoms with Crippen LogP contribution >= 0.6 is 23.2 Å². The number of nitrogens with zero attached hydrogens (tertiary/aromatic N) is 1. The van der Waals surface area contributed by atoms with E-state index < -0.39 is 0 Å². The lowest BCUT2D eigenvalue weighted by Gasteiger charge is -2.25. The predicted molar refractivity (Wildman–Crippen MR) is 79.8 cm³/mol. The van der Waals surface area contributed by atoms with Crippen molar-refractivity contribution in [2.75, 3.05) is 13.1 Å². The van der Waals surface area contributed by atoms with E-state index in [1.807, 2.05) is 11.0 Å². The van der Waals surface area contributed by atoms with E-state index in [4.69, 9.17) is 23.2 Å². The number of hydrogen-bond acceptors (Lipinski definition) is 1. The van der Waals surface area contributed by atoms with Crippen LogP contribution in [0.4, 0.5) is 0 Å². The number of carbonyl (C=O) groups is 1. The highest BCUT2D eigenvalue weighted by Crippen LogP contribution is 2.23. The van der Waals surface area contributed by atoms with Crippen molar-refractivity contribution < 1.29 is 4.79 Å². The lowest BCUT2D eigenvalue weighted by atomic mass is 10.1. The Kier molecular flexibility index (Phi) is 5.53. The Balaban J connectivity index is 1.96. The van der Waals surface area contributed by atoms with Gasteiger partial charge in [0.1, 0.15) is 0 Å². The summed E-state index contributed by atoms with van der Waals surface area (Å²) >= 11 is 11.9. The summed E-state index contributed by atoms with van der Waals surface area (Å²) in [6, 6.07) is 5.40. The fourth-order valence-corrected chi connectivity index (χ4v) is 2.75. The molecular weight excluding hydrogens is 281 g/mol. The van der Waals surface area contributed by atoms with Crippen LogP contribution in [-0.2, 0) is 11.2 Å². The third kappa shape index (κ3) is 4.39. The maximum absolute atomic E-state index is 12.3. The summed E-state index contributed by atoms with van der Waals surface area (Å²) in [6.07, 6.45) is 6.42. The second kappa shape index (κ2) is 7.16. The molecule has 2 nitrogen and oxygen atoms in total. The third-order valence-corrected chi connectivity index (χ3v) is 4.29.